The predicted molar refractivity (Wildman–Crippen MR) is 99.7 cm³/mol. The molecule has 0 spiro atoms. The fraction of sp³-hybridized carbons (Fsp3) is 1.00. The summed E-state index contributed by atoms with van der Waals surface area (Å²) in [5, 5.41) is 0. The highest BCUT2D eigenvalue weighted by Crippen LogP contribution is 2.11. The molecule has 1 nitrogen and oxygen atoms in total. The highest BCUT2D eigenvalue weighted by molar-refractivity contribution is 6.73. The number of hydrogen-bond donors (Lipinski definition) is 1. The first-order valence-corrected chi connectivity index (χ1v) is 12.3. The maximum atomic E-state index is 3.70. The lowest BCUT2D eigenvalue weighted by atomic mass is 10.1. The normalized spacial score (nSPS) is 11.4. The van der Waals surface area contributed by atoms with Gasteiger partial charge in [0.25, 0.3) is 0 Å². The molecule has 0 unspecified atom stereocenters. The Kier molecular flexibility index (Phi) is 18.0. The molecule has 0 heterocycles. The summed E-state index contributed by atoms with van der Waals surface area (Å²) in [6.07, 6.45) is 17.3. The minimum absolute atomic E-state index is 0. The maximum Gasteiger partial charge on any atom is 0.116 e. The summed E-state index contributed by atoms with van der Waals surface area (Å²) >= 11 is 0. The number of hydrogen-bond acceptors (Lipinski definition) is 1. The third-order valence-electron chi connectivity index (χ3n) is 3.69. The van der Waals surface area contributed by atoms with Gasteiger partial charge in [-0.25, -0.2) is 0 Å². The highest BCUT2D eigenvalue weighted by Gasteiger charge is 2.10. The van der Waals surface area contributed by atoms with Crippen LogP contribution in [0.15, 0.2) is 0 Å². The van der Waals surface area contributed by atoms with Gasteiger partial charge in [0.15, 0.2) is 0 Å². The molecule has 0 amide bonds. The van der Waals surface area contributed by atoms with Crippen molar-refractivity contribution in [2.75, 3.05) is 6.54 Å². The van der Waals surface area contributed by atoms with Gasteiger partial charge in [0, 0.05) is 0 Å². The van der Waals surface area contributed by atoms with Crippen molar-refractivity contribution in [2.45, 2.75) is 104 Å². The molecule has 0 aromatic rings. The molecule has 0 aromatic carbocycles. The predicted octanol–water partition coefficient (Wildman–Crippen LogP) is 6.53. The fourth-order valence-electron chi connectivity index (χ4n) is 2.43. The molecule has 0 aliphatic rings. The van der Waals surface area contributed by atoms with E-state index in [0.29, 0.717) is 0 Å². The zero-order chi connectivity index (χ0) is 14.4. The summed E-state index contributed by atoms with van der Waals surface area (Å²) in [6, 6.07) is 0. The zero-order valence-electron chi connectivity index (χ0n) is 14.6. The highest BCUT2D eigenvalue weighted by atomic mass is 35.5. The van der Waals surface area contributed by atoms with Crippen molar-refractivity contribution >= 4 is 20.6 Å². The molecular formula is C17H40ClNSi. The second kappa shape index (κ2) is 15.8. The second-order valence-electron chi connectivity index (χ2n) is 7.07. The standard InChI is InChI=1S/C17H39NSi.ClH/c1-5-6-7-8-9-10-11-12-13-14-15-16-17-18-19(2,3)4;/h18H,5-17H2,1-4H3;1H. The first kappa shape index (κ1) is 22.7. The minimum atomic E-state index is -1.01. The monoisotopic (exact) mass is 321 g/mol. The van der Waals surface area contributed by atoms with Crippen molar-refractivity contribution in [1.82, 2.24) is 4.98 Å². The molecule has 0 saturated carbocycles. The lowest BCUT2D eigenvalue weighted by Gasteiger charge is -2.17. The van der Waals surface area contributed by atoms with E-state index < -0.39 is 8.24 Å². The second-order valence-corrected chi connectivity index (χ2v) is 11.9. The first-order valence-electron chi connectivity index (χ1n) is 8.81. The van der Waals surface area contributed by atoms with Gasteiger partial charge in [-0.1, -0.05) is 97.2 Å². The molecule has 124 valence electrons. The third kappa shape index (κ3) is 20.8. The van der Waals surface area contributed by atoms with Gasteiger partial charge in [-0.2, -0.15) is 0 Å². The van der Waals surface area contributed by atoms with Crippen molar-refractivity contribution < 1.29 is 0 Å². The molecule has 0 fully saturated rings. The van der Waals surface area contributed by atoms with Gasteiger partial charge in [0.1, 0.15) is 8.24 Å². The number of halogens is 1. The molecular weight excluding hydrogens is 282 g/mol. The van der Waals surface area contributed by atoms with Crippen molar-refractivity contribution in [3.8, 4) is 0 Å². The summed E-state index contributed by atoms with van der Waals surface area (Å²) in [4.78, 5) is 3.70. The molecule has 0 aliphatic carbocycles. The van der Waals surface area contributed by atoms with Gasteiger partial charge in [0.05, 0.1) is 0 Å². The minimum Gasteiger partial charge on any atom is -0.337 e. The quantitative estimate of drug-likeness (QED) is 0.283. The number of unbranched alkanes of at least 4 members (excludes halogenated alkanes) is 11. The van der Waals surface area contributed by atoms with Crippen LogP contribution in [-0.4, -0.2) is 14.8 Å². The van der Waals surface area contributed by atoms with Gasteiger partial charge in [-0.05, 0) is 13.0 Å². The van der Waals surface area contributed by atoms with Gasteiger partial charge >= 0.3 is 0 Å². The van der Waals surface area contributed by atoms with Crippen LogP contribution < -0.4 is 4.98 Å². The van der Waals surface area contributed by atoms with E-state index in [2.05, 4.69) is 31.5 Å². The van der Waals surface area contributed by atoms with Gasteiger partial charge < -0.3 is 4.98 Å². The van der Waals surface area contributed by atoms with Crippen LogP contribution in [0.5, 0.6) is 0 Å². The van der Waals surface area contributed by atoms with Crippen LogP contribution in [0, 0.1) is 0 Å². The number of rotatable bonds is 14. The lowest BCUT2D eigenvalue weighted by Crippen LogP contribution is -2.41. The van der Waals surface area contributed by atoms with Gasteiger partial charge in [0.2, 0.25) is 0 Å². The Hall–Kier alpha value is 0.467. The SMILES string of the molecule is CCCCCCCCCCCCCCN[Si](C)(C)C.Cl. The summed E-state index contributed by atoms with van der Waals surface area (Å²) in [5.41, 5.74) is 0. The Bertz CT molecular complexity index is 180. The summed E-state index contributed by atoms with van der Waals surface area (Å²) in [7, 11) is -1.01. The van der Waals surface area contributed by atoms with E-state index in [0.717, 1.165) is 0 Å². The van der Waals surface area contributed by atoms with Crippen molar-refractivity contribution in [3.05, 3.63) is 0 Å². The summed E-state index contributed by atoms with van der Waals surface area (Å²) in [5.74, 6) is 0. The Morgan fingerprint density at radius 3 is 1.30 bits per heavy atom. The van der Waals surface area contributed by atoms with E-state index >= 15 is 0 Å². The van der Waals surface area contributed by atoms with Crippen LogP contribution in [0.2, 0.25) is 19.6 Å². The van der Waals surface area contributed by atoms with Gasteiger partial charge in [-0.3, -0.25) is 0 Å². The Morgan fingerprint density at radius 1 is 0.600 bits per heavy atom. The molecule has 0 saturated heterocycles. The molecule has 0 radical (unpaired) electrons. The first-order chi connectivity index (χ1) is 9.06. The van der Waals surface area contributed by atoms with Crippen molar-refractivity contribution in [1.29, 1.82) is 0 Å². The van der Waals surface area contributed by atoms with E-state index in [1.807, 2.05) is 0 Å². The van der Waals surface area contributed by atoms with Crippen LogP contribution in [0.4, 0.5) is 0 Å². The fourth-order valence-corrected chi connectivity index (χ4v) is 3.36. The average Bonchev–Trinajstić information content (AvgIpc) is 2.34. The largest absolute Gasteiger partial charge is 0.337 e. The van der Waals surface area contributed by atoms with E-state index in [1.165, 1.54) is 83.6 Å². The van der Waals surface area contributed by atoms with Crippen LogP contribution in [0.3, 0.4) is 0 Å². The van der Waals surface area contributed by atoms with Crippen LogP contribution in [0.25, 0.3) is 0 Å². The smallest absolute Gasteiger partial charge is 0.116 e. The van der Waals surface area contributed by atoms with Crippen LogP contribution in [0.1, 0.15) is 84.0 Å². The molecule has 0 aliphatic heterocycles. The Balaban J connectivity index is 0. The van der Waals surface area contributed by atoms with Gasteiger partial charge in [-0.15, -0.1) is 12.4 Å². The summed E-state index contributed by atoms with van der Waals surface area (Å²) in [6.45, 7) is 10.7. The van der Waals surface area contributed by atoms with E-state index in [9.17, 15) is 0 Å². The molecule has 0 rings (SSSR count). The Labute approximate surface area is 136 Å². The summed E-state index contributed by atoms with van der Waals surface area (Å²) < 4.78 is 0. The topological polar surface area (TPSA) is 12.0 Å². The van der Waals surface area contributed by atoms with E-state index in [4.69, 9.17) is 0 Å². The van der Waals surface area contributed by atoms with E-state index in [1.54, 1.807) is 0 Å². The average molecular weight is 322 g/mol. The van der Waals surface area contributed by atoms with Crippen molar-refractivity contribution in [3.63, 3.8) is 0 Å². The number of nitrogens with one attached hydrogen (secondary N) is 1. The molecule has 20 heavy (non-hydrogen) atoms. The molecule has 0 atom stereocenters. The molecule has 0 aromatic heterocycles. The zero-order valence-corrected chi connectivity index (χ0v) is 16.4. The third-order valence-corrected chi connectivity index (χ3v) is 5.00. The molecule has 0 bridgehead atoms. The Morgan fingerprint density at radius 2 is 0.950 bits per heavy atom. The van der Waals surface area contributed by atoms with Crippen molar-refractivity contribution in [2.24, 2.45) is 0 Å². The van der Waals surface area contributed by atoms with Crippen LogP contribution >= 0.6 is 12.4 Å². The van der Waals surface area contributed by atoms with E-state index in [-0.39, 0.29) is 12.4 Å². The molecule has 3 heteroatoms. The molecule has 1 N–H and O–H groups in total. The maximum absolute atomic E-state index is 3.70. The van der Waals surface area contributed by atoms with Crippen LogP contribution in [-0.2, 0) is 0 Å². The lowest BCUT2D eigenvalue weighted by molar-refractivity contribution is 0.543.